The van der Waals surface area contributed by atoms with Gasteiger partial charge in [0.15, 0.2) is 0 Å². The number of nitrogens with zero attached hydrogens (tertiary/aromatic N) is 2. The highest BCUT2D eigenvalue weighted by atomic mass is 32.2. The van der Waals surface area contributed by atoms with Crippen LogP contribution in [0.1, 0.15) is 29.4 Å². The molecule has 1 N–H and O–H groups in total. The molecular formula is C16H19N3OS3. The second kappa shape index (κ2) is 6.55. The number of nitrogens with one attached hydrogen (secondary N) is 1. The van der Waals surface area contributed by atoms with Crippen molar-refractivity contribution in [1.29, 1.82) is 0 Å². The maximum atomic E-state index is 12.6. The third kappa shape index (κ3) is 3.20. The lowest BCUT2D eigenvalue weighted by Gasteiger charge is -2.49. The van der Waals surface area contributed by atoms with Gasteiger partial charge in [0.25, 0.3) is 5.91 Å². The summed E-state index contributed by atoms with van der Waals surface area (Å²) in [5.74, 6) is 0.724. The summed E-state index contributed by atoms with van der Waals surface area (Å²) in [6.45, 7) is 4.62. The Bertz CT molecular complexity index is 675. The molecule has 4 nitrogen and oxygen atoms in total. The normalized spacial score (nSPS) is 29.6. The van der Waals surface area contributed by atoms with Crippen molar-refractivity contribution in [2.45, 2.75) is 40.3 Å². The Morgan fingerprint density at radius 1 is 1.35 bits per heavy atom. The molecular weight excluding hydrogens is 346 g/mol. The first-order valence-electron chi connectivity index (χ1n) is 7.92. The van der Waals surface area contributed by atoms with E-state index >= 15 is 0 Å². The van der Waals surface area contributed by atoms with Crippen LogP contribution in [0.5, 0.6) is 0 Å². The maximum Gasteiger partial charge on any atom is 0.261 e. The molecule has 2 atom stereocenters. The van der Waals surface area contributed by atoms with E-state index in [9.17, 15) is 4.79 Å². The van der Waals surface area contributed by atoms with Gasteiger partial charge >= 0.3 is 0 Å². The Morgan fingerprint density at radius 2 is 2.17 bits per heavy atom. The average Bonchev–Trinajstić information content (AvgIpc) is 3.23. The summed E-state index contributed by atoms with van der Waals surface area (Å²) in [7, 11) is 0. The fourth-order valence-corrected chi connectivity index (χ4v) is 6.51. The highest BCUT2D eigenvalue weighted by Gasteiger charge is 2.40. The Morgan fingerprint density at radius 3 is 2.87 bits per heavy atom. The molecule has 3 aliphatic heterocycles. The minimum Gasteiger partial charge on any atom is -0.347 e. The van der Waals surface area contributed by atoms with E-state index in [-0.39, 0.29) is 5.91 Å². The topological polar surface area (TPSA) is 45.2 Å². The number of aromatic nitrogens is 1. The number of thiazole rings is 1. The van der Waals surface area contributed by atoms with Crippen molar-refractivity contribution in [2.75, 3.05) is 13.1 Å². The van der Waals surface area contributed by atoms with Crippen molar-refractivity contribution in [2.24, 2.45) is 5.92 Å². The van der Waals surface area contributed by atoms with Gasteiger partial charge in [-0.15, -0.1) is 22.7 Å². The van der Waals surface area contributed by atoms with E-state index in [2.05, 4.69) is 22.1 Å². The number of carbonyl (C=O) groups excluding carboxylic acids is 1. The lowest BCUT2D eigenvalue weighted by atomic mass is 9.79. The zero-order chi connectivity index (χ0) is 15.8. The molecule has 3 fully saturated rings. The number of hydrogen-bond donors (Lipinski definition) is 1. The van der Waals surface area contributed by atoms with Gasteiger partial charge in [-0.3, -0.25) is 14.7 Å². The molecule has 2 aromatic heterocycles. The van der Waals surface area contributed by atoms with Gasteiger partial charge in [-0.1, -0.05) is 11.8 Å². The molecule has 5 rings (SSSR count). The number of fused-ring (bicyclic) bond motifs is 3. The fourth-order valence-electron chi connectivity index (χ4n) is 3.62. The fraction of sp³-hybridized carbons (Fsp3) is 0.500. The summed E-state index contributed by atoms with van der Waals surface area (Å²) < 4.78 is 2.30. The summed E-state index contributed by atoms with van der Waals surface area (Å²) in [5.41, 5.74) is 1.83. The average molecular weight is 366 g/mol. The summed E-state index contributed by atoms with van der Waals surface area (Å²) in [6, 6.07) is 4.72. The van der Waals surface area contributed by atoms with Crippen LogP contribution < -0.4 is 5.32 Å². The first-order valence-corrected chi connectivity index (χ1v) is 10.4. The van der Waals surface area contributed by atoms with Crippen molar-refractivity contribution in [1.82, 2.24) is 15.2 Å². The monoisotopic (exact) mass is 365 g/mol. The van der Waals surface area contributed by atoms with Crippen LogP contribution in [0.2, 0.25) is 0 Å². The smallest absolute Gasteiger partial charge is 0.261 e. The Hall–Kier alpha value is -0.890. The van der Waals surface area contributed by atoms with Crippen LogP contribution >= 0.6 is 34.4 Å². The van der Waals surface area contributed by atoms with Gasteiger partial charge in [-0.05, 0) is 50.9 Å². The molecule has 0 saturated carbocycles. The predicted octanol–water partition coefficient (Wildman–Crippen LogP) is 3.57. The van der Waals surface area contributed by atoms with Gasteiger partial charge in [0.05, 0.1) is 25.0 Å². The van der Waals surface area contributed by atoms with Crippen molar-refractivity contribution >= 4 is 40.3 Å². The van der Waals surface area contributed by atoms with Crippen LogP contribution in [0.15, 0.2) is 32.3 Å². The molecule has 7 heteroatoms. The van der Waals surface area contributed by atoms with E-state index in [1.54, 1.807) is 34.4 Å². The third-order valence-corrected chi connectivity index (χ3v) is 8.02. The molecule has 1 amide bonds. The number of piperidine rings is 3. The number of hydrogen-bond acceptors (Lipinski definition) is 6. The Labute approximate surface area is 148 Å². The van der Waals surface area contributed by atoms with E-state index in [4.69, 9.17) is 0 Å². The van der Waals surface area contributed by atoms with Crippen molar-refractivity contribution in [3.63, 3.8) is 0 Å². The van der Waals surface area contributed by atoms with E-state index in [0.29, 0.717) is 18.0 Å². The highest BCUT2D eigenvalue weighted by molar-refractivity contribution is 8.02. The Balaban J connectivity index is 1.42. The van der Waals surface area contributed by atoms with E-state index < -0.39 is 0 Å². The first-order chi connectivity index (χ1) is 11.2. The number of carbonyl (C=O) groups is 1. The van der Waals surface area contributed by atoms with E-state index in [0.717, 1.165) is 13.3 Å². The Kier molecular flexibility index (Phi) is 4.45. The van der Waals surface area contributed by atoms with Crippen molar-refractivity contribution in [3.8, 4) is 0 Å². The van der Waals surface area contributed by atoms with Crippen molar-refractivity contribution < 1.29 is 4.79 Å². The van der Waals surface area contributed by atoms with Crippen LogP contribution in [-0.2, 0) is 0 Å². The number of thiophene rings is 1. The largest absolute Gasteiger partial charge is 0.347 e. The SMILES string of the molecule is C[C@H]1[C@H](NC(=O)c2ccc(Sc3cncs3)s2)C2CCN1CC2. The van der Waals surface area contributed by atoms with Gasteiger partial charge in [0.1, 0.15) is 0 Å². The zero-order valence-electron chi connectivity index (χ0n) is 12.9. The molecule has 0 spiro atoms. The van der Waals surface area contributed by atoms with Crippen LogP contribution in [0.3, 0.4) is 0 Å². The van der Waals surface area contributed by atoms with Gasteiger partial charge in [0, 0.05) is 12.1 Å². The standard InChI is InChI=1S/C16H19N3OS3/c1-10-15(11-4-6-19(10)7-5-11)18-16(20)12-2-3-13(22-12)23-14-8-17-9-21-14/h2-3,8-11,15H,4-7H2,1H3,(H,18,20)/t10-,15-/m0/s1. The van der Waals surface area contributed by atoms with Gasteiger partial charge < -0.3 is 5.32 Å². The molecule has 0 aromatic carbocycles. The molecule has 3 saturated heterocycles. The molecule has 0 unspecified atom stereocenters. The molecule has 0 radical (unpaired) electrons. The zero-order valence-corrected chi connectivity index (χ0v) is 15.3. The number of amides is 1. The minimum absolute atomic E-state index is 0.0803. The first kappa shape index (κ1) is 15.6. The predicted molar refractivity (Wildman–Crippen MR) is 95.6 cm³/mol. The summed E-state index contributed by atoms with van der Waals surface area (Å²) in [5, 5.41) is 3.30. The van der Waals surface area contributed by atoms with E-state index in [1.165, 1.54) is 25.9 Å². The molecule has 23 heavy (non-hydrogen) atoms. The summed E-state index contributed by atoms with van der Waals surface area (Å²) in [4.78, 5) is 20.0. The third-order valence-electron chi connectivity index (χ3n) is 4.89. The molecule has 2 aromatic rings. The van der Waals surface area contributed by atoms with Gasteiger partial charge in [0.2, 0.25) is 0 Å². The molecule has 3 aliphatic rings. The molecule has 2 bridgehead atoms. The summed E-state index contributed by atoms with van der Waals surface area (Å²) >= 11 is 4.87. The maximum absolute atomic E-state index is 12.6. The highest BCUT2D eigenvalue weighted by Crippen LogP contribution is 2.36. The molecule has 5 heterocycles. The van der Waals surface area contributed by atoms with Crippen molar-refractivity contribution in [3.05, 3.63) is 28.7 Å². The quantitative estimate of drug-likeness (QED) is 0.900. The van der Waals surface area contributed by atoms with Crippen LogP contribution in [0, 0.1) is 5.92 Å². The van der Waals surface area contributed by atoms with Gasteiger partial charge in [-0.2, -0.15) is 0 Å². The van der Waals surface area contributed by atoms with Gasteiger partial charge in [-0.25, -0.2) is 0 Å². The lowest BCUT2D eigenvalue weighted by Crippen LogP contribution is -2.62. The van der Waals surface area contributed by atoms with E-state index in [1.807, 2.05) is 23.8 Å². The number of rotatable bonds is 4. The van der Waals surface area contributed by atoms with Crippen LogP contribution in [0.4, 0.5) is 0 Å². The van der Waals surface area contributed by atoms with Crippen LogP contribution in [-0.4, -0.2) is 41.0 Å². The second-order valence-corrected chi connectivity index (χ2v) is 9.73. The molecule has 0 aliphatic carbocycles. The minimum atomic E-state index is 0.0803. The molecule has 122 valence electrons. The summed E-state index contributed by atoms with van der Waals surface area (Å²) in [6.07, 6.45) is 4.29. The lowest BCUT2D eigenvalue weighted by molar-refractivity contribution is 0.0218. The van der Waals surface area contributed by atoms with Crippen LogP contribution in [0.25, 0.3) is 0 Å². The second-order valence-electron chi connectivity index (χ2n) is 6.15.